The maximum absolute atomic E-state index is 5.54. The van der Waals surface area contributed by atoms with E-state index in [-0.39, 0.29) is 0 Å². The van der Waals surface area contributed by atoms with Crippen molar-refractivity contribution in [3.63, 3.8) is 0 Å². The number of ether oxygens (including phenoxy) is 1. The van der Waals surface area contributed by atoms with Crippen LogP contribution in [-0.2, 0) is 11.8 Å². The zero-order valence-electron chi connectivity index (χ0n) is 20.1. The minimum Gasteiger partial charge on any atom is -0.379 e. The summed E-state index contributed by atoms with van der Waals surface area (Å²) in [6.07, 6.45) is 16.7. The van der Waals surface area contributed by atoms with E-state index in [1.165, 1.54) is 19.3 Å². The molecule has 1 aliphatic carbocycles. The predicted octanol–water partition coefficient (Wildman–Crippen LogP) is 4.22. The zero-order chi connectivity index (χ0) is 23.6. The van der Waals surface area contributed by atoms with Crippen LogP contribution in [0, 0.1) is 0 Å². The van der Waals surface area contributed by atoms with Gasteiger partial charge >= 0.3 is 0 Å². The summed E-state index contributed by atoms with van der Waals surface area (Å²) < 4.78 is 9.51. The molecular weight excluding hydrogens is 438 g/mol. The van der Waals surface area contributed by atoms with Gasteiger partial charge in [-0.05, 0) is 37.3 Å². The van der Waals surface area contributed by atoms with Gasteiger partial charge in [-0.3, -0.25) is 14.3 Å². The third-order valence-corrected chi connectivity index (χ3v) is 7.30. The first kappa shape index (κ1) is 22.1. The largest absolute Gasteiger partial charge is 0.379 e. The third kappa shape index (κ3) is 4.76. The molecule has 3 aromatic heterocycles. The molecule has 8 heteroatoms. The van der Waals surface area contributed by atoms with Gasteiger partial charge < -0.3 is 4.74 Å². The number of hydrogen-bond acceptors (Lipinski definition) is 6. The molecule has 2 fully saturated rings. The Hall–Kier alpha value is -3.36. The summed E-state index contributed by atoms with van der Waals surface area (Å²) in [5, 5.41) is 9.01. The average molecular weight is 470 g/mol. The van der Waals surface area contributed by atoms with Crippen LogP contribution >= 0.6 is 0 Å². The number of morpholine rings is 1. The first-order valence-corrected chi connectivity index (χ1v) is 12.5. The smallest absolute Gasteiger partial charge is 0.159 e. The van der Waals surface area contributed by atoms with Gasteiger partial charge in [0.05, 0.1) is 31.6 Å². The van der Waals surface area contributed by atoms with E-state index in [1.54, 1.807) is 0 Å². The lowest BCUT2D eigenvalue weighted by atomic mass is 9.90. The van der Waals surface area contributed by atoms with Crippen molar-refractivity contribution in [2.45, 2.75) is 37.8 Å². The Balaban J connectivity index is 1.16. The second-order valence-electron chi connectivity index (χ2n) is 9.61. The number of aromatic nitrogens is 6. The quantitative estimate of drug-likeness (QED) is 0.436. The molecule has 1 aliphatic heterocycles. The molecular formula is C27H31N7O. The summed E-state index contributed by atoms with van der Waals surface area (Å²) in [5.74, 6) is 0.715. The van der Waals surface area contributed by atoms with E-state index in [1.807, 2.05) is 54.8 Å². The first-order valence-electron chi connectivity index (χ1n) is 12.5. The lowest BCUT2D eigenvalue weighted by Gasteiger charge is -2.39. The van der Waals surface area contributed by atoms with Crippen LogP contribution in [-0.4, -0.2) is 66.8 Å². The summed E-state index contributed by atoms with van der Waals surface area (Å²) in [6, 6.07) is 9.35. The van der Waals surface area contributed by atoms with E-state index in [0.29, 0.717) is 17.9 Å². The summed E-state index contributed by atoms with van der Waals surface area (Å²) in [4.78, 5) is 12.0. The summed E-state index contributed by atoms with van der Waals surface area (Å²) in [6.45, 7) is 3.82. The highest BCUT2D eigenvalue weighted by molar-refractivity contribution is 5.70. The Kier molecular flexibility index (Phi) is 6.14. The van der Waals surface area contributed by atoms with E-state index >= 15 is 0 Å². The SMILES string of the molecule is Cn1cc(-c2cccc(-c3ncc(-c4cnn([C@@H]5CCC[C@H](N6CCOCC6)C5)c4)cn3)c2)cn1. The van der Waals surface area contributed by atoms with Crippen molar-refractivity contribution in [1.29, 1.82) is 0 Å². The minimum atomic E-state index is 0.445. The standard InChI is InChI=1S/C27H31N7O/c1-32-18-23(16-30-32)20-4-2-5-21(12-20)27-28-14-22(15-29-27)24-17-31-34(19-24)26-7-3-6-25(13-26)33-8-10-35-11-9-33/h2,4-5,12,14-19,25-26H,3,6-11,13H2,1H3/t25-,26+/m0/s1. The highest BCUT2D eigenvalue weighted by Gasteiger charge is 2.29. The van der Waals surface area contributed by atoms with Crippen LogP contribution in [0.2, 0.25) is 0 Å². The van der Waals surface area contributed by atoms with Crippen molar-refractivity contribution in [1.82, 2.24) is 34.4 Å². The molecule has 0 N–H and O–H groups in total. The van der Waals surface area contributed by atoms with Gasteiger partial charge in [0.25, 0.3) is 0 Å². The Morgan fingerprint density at radius 1 is 0.800 bits per heavy atom. The lowest BCUT2D eigenvalue weighted by molar-refractivity contribution is 0.00313. The molecule has 1 saturated carbocycles. The maximum atomic E-state index is 5.54. The van der Waals surface area contributed by atoms with Crippen LogP contribution < -0.4 is 0 Å². The fraction of sp³-hybridized carbons (Fsp3) is 0.407. The molecule has 8 nitrogen and oxygen atoms in total. The van der Waals surface area contributed by atoms with Crippen LogP contribution in [0.5, 0.6) is 0 Å². The van der Waals surface area contributed by atoms with Gasteiger partial charge in [-0.1, -0.05) is 18.2 Å². The topological polar surface area (TPSA) is 73.9 Å². The lowest BCUT2D eigenvalue weighted by Crippen LogP contribution is -2.45. The van der Waals surface area contributed by atoms with E-state index < -0.39 is 0 Å². The Morgan fingerprint density at radius 2 is 1.54 bits per heavy atom. The Labute approximate surface area is 205 Å². The molecule has 6 rings (SSSR count). The van der Waals surface area contributed by atoms with E-state index in [2.05, 4.69) is 43.0 Å². The van der Waals surface area contributed by atoms with E-state index in [0.717, 1.165) is 60.5 Å². The molecule has 1 saturated heterocycles. The molecule has 180 valence electrons. The average Bonchev–Trinajstić information content (AvgIpc) is 3.59. The monoisotopic (exact) mass is 469 g/mol. The Morgan fingerprint density at radius 3 is 2.34 bits per heavy atom. The molecule has 0 amide bonds. The van der Waals surface area contributed by atoms with Gasteiger partial charge in [-0.2, -0.15) is 10.2 Å². The number of benzene rings is 1. The van der Waals surface area contributed by atoms with Crippen molar-refractivity contribution in [3.05, 3.63) is 61.4 Å². The van der Waals surface area contributed by atoms with E-state index in [4.69, 9.17) is 9.84 Å². The number of hydrogen-bond donors (Lipinski definition) is 0. The second kappa shape index (κ2) is 9.71. The fourth-order valence-electron chi connectivity index (χ4n) is 5.37. The Bertz CT molecular complexity index is 1270. The maximum Gasteiger partial charge on any atom is 0.159 e. The third-order valence-electron chi connectivity index (χ3n) is 7.30. The second-order valence-corrected chi connectivity index (χ2v) is 9.61. The molecule has 4 heterocycles. The van der Waals surface area contributed by atoms with Crippen molar-refractivity contribution >= 4 is 0 Å². The van der Waals surface area contributed by atoms with Crippen LogP contribution in [0.15, 0.2) is 61.4 Å². The first-order chi connectivity index (χ1) is 17.2. The molecule has 0 unspecified atom stereocenters. The molecule has 1 aromatic carbocycles. The molecule has 4 aromatic rings. The van der Waals surface area contributed by atoms with Gasteiger partial charge in [-0.25, -0.2) is 9.97 Å². The van der Waals surface area contributed by atoms with Crippen molar-refractivity contribution in [2.75, 3.05) is 26.3 Å². The molecule has 2 atom stereocenters. The highest BCUT2D eigenvalue weighted by atomic mass is 16.5. The van der Waals surface area contributed by atoms with Gasteiger partial charge in [0.2, 0.25) is 0 Å². The molecule has 0 radical (unpaired) electrons. The van der Waals surface area contributed by atoms with Crippen LogP contribution in [0.1, 0.15) is 31.7 Å². The molecule has 0 bridgehead atoms. The fourth-order valence-corrected chi connectivity index (χ4v) is 5.37. The normalized spacial score (nSPS) is 21.3. The van der Waals surface area contributed by atoms with Crippen LogP contribution in [0.3, 0.4) is 0 Å². The summed E-state index contributed by atoms with van der Waals surface area (Å²) in [7, 11) is 1.92. The molecule has 0 spiro atoms. The summed E-state index contributed by atoms with van der Waals surface area (Å²) in [5.41, 5.74) is 5.23. The molecule has 2 aliphatic rings. The predicted molar refractivity (Wildman–Crippen MR) is 135 cm³/mol. The van der Waals surface area contributed by atoms with Crippen molar-refractivity contribution < 1.29 is 4.74 Å². The summed E-state index contributed by atoms with van der Waals surface area (Å²) >= 11 is 0. The van der Waals surface area contributed by atoms with E-state index in [9.17, 15) is 0 Å². The molecule has 35 heavy (non-hydrogen) atoms. The minimum absolute atomic E-state index is 0.445. The van der Waals surface area contributed by atoms with Crippen LogP contribution in [0.25, 0.3) is 33.6 Å². The van der Waals surface area contributed by atoms with Gasteiger partial charge in [-0.15, -0.1) is 0 Å². The van der Waals surface area contributed by atoms with Gasteiger partial charge in [0.1, 0.15) is 0 Å². The number of rotatable bonds is 5. The van der Waals surface area contributed by atoms with Crippen molar-refractivity contribution in [2.24, 2.45) is 7.05 Å². The number of aryl methyl sites for hydroxylation is 1. The number of nitrogens with zero attached hydrogens (tertiary/aromatic N) is 7. The zero-order valence-corrected chi connectivity index (χ0v) is 20.1. The van der Waals surface area contributed by atoms with Gasteiger partial charge in [0.15, 0.2) is 5.82 Å². The van der Waals surface area contributed by atoms with Crippen molar-refractivity contribution in [3.8, 4) is 33.6 Å². The van der Waals surface area contributed by atoms with Gasteiger partial charge in [0, 0.05) is 73.2 Å². The van der Waals surface area contributed by atoms with Crippen LogP contribution in [0.4, 0.5) is 0 Å². The highest BCUT2D eigenvalue weighted by Crippen LogP contribution is 2.32.